The van der Waals surface area contributed by atoms with E-state index in [9.17, 15) is 8.78 Å². The summed E-state index contributed by atoms with van der Waals surface area (Å²) in [5.74, 6) is -1.13. The van der Waals surface area contributed by atoms with Gasteiger partial charge in [0.15, 0.2) is 0 Å². The maximum Gasteiger partial charge on any atom is 0.130 e. The van der Waals surface area contributed by atoms with Crippen LogP contribution in [0.15, 0.2) is 36.4 Å². The normalized spacial score (nSPS) is 12.4. The van der Waals surface area contributed by atoms with Crippen LogP contribution >= 0.6 is 23.2 Å². The van der Waals surface area contributed by atoms with Crippen molar-refractivity contribution in [2.75, 3.05) is 0 Å². The van der Waals surface area contributed by atoms with Crippen molar-refractivity contribution in [1.29, 1.82) is 0 Å². The van der Waals surface area contributed by atoms with E-state index in [2.05, 4.69) is 5.32 Å². The molecule has 0 heterocycles. The van der Waals surface area contributed by atoms with Crippen molar-refractivity contribution in [2.24, 2.45) is 0 Å². The highest BCUT2D eigenvalue weighted by molar-refractivity contribution is 6.33. The lowest BCUT2D eigenvalue weighted by molar-refractivity contribution is 0.487. The molecule has 0 spiro atoms. The fraction of sp³-hybridized carbons (Fsp3) is 0.200. The maximum absolute atomic E-state index is 13.6. The van der Waals surface area contributed by atoms with E-state index in [1.807, 2.05) is 0 Å². The summed E-state index contributed by atoms with van der Waals surface area (Å²) in [7, 11) is 0. The minimum atomic E-state index is -0.567. The quantitative estimate of drug-likeness (QED) is 0.825. The SMILES string of the molecule is CC(NCc1cc(Cl)ccc1Cl)c1c(F)cccc1F. The second-order valence-corrected chi connectivity index (χ2v) is 5.32. The van der Waals surface area contributed by atoms with Gasteiger partial charge < -0.3 is 5.32 Å². The lowest BCUT2D eigenvalue weighted by Gasteiger charge is -2.16. The van der Waals surface area contributed by atoms with Crippen LogP contribution in [0.3, 0.4) is 0 Å². The monoisotopic (exact) mass is 315 g/mol. The Morgan fingerprint density at radius 1 is 1.10 bits per heavy atom. The minimum absolute atomic E-state index is 0.0191. The average molecular weight is 316 g/mol. The molecule has 1 nitrogen and oxygen atoms in total. The van der Waals surface area contributed by atoms with E-state index in [0.717, 1.165) is 5.56 Å². The molecule has 106 valence electrons. The molecule has 0 fully saturated rings. The Hall–Kier alpha value is -1.16. The van der Waals surface area contributed by atoms with Gasteiger partial charge in [-0.1, -0.05) is 29.3 Å². The van der Waals surface area contributed by atoms with E-state index in [-0.39, 0.29) is 5.56 Å². The molecular formula is C15H13Cl2F2N. The number of rotatable bonds is 4. The van der Waals surface area contributed by atoms with Crippen LogP contribution in [0.25, 0.3) is 0 Å². The van der Waals surface area contributed by atoms with Gasteiger partial charge in [-0.05, 0) is 42.8 Å². The van der Waals surface area contributed by atoms with Crippen LogP contribution in [0.4, 0.5) is 8.78 Å². The van der Waals surface area contributed by atoms with Gasteiger partial charge in [0.05, 0.1) is 0 Å². The first-order valence-electron chi connectivity index (χ1n) is 6.10. The van der Waals surface area contributed by atoms with Crippen molar-refractivity contribution in [3.8, 4) is 0 Å². The number of hydrogen-bond acceptors (Lipinski definition) is 1. The van der Waals surface area contributed by atoms with Crippen LogP contribution in [-0.2, 0) is 6.54 Å². The van der Waals surface area contributed by atoms with E-state index >= 15 is 0 Å². The molecule has 2 aromatic rings. The predicted octanol–water partition coefficient (Wildman–Crippen LogP) is 5.12. The van der Waals surface area contributed by atoms with Gasteiger partial charge in [0, 0.05) is 28.2 Å². The van der Waals surface area contributed by atoms with Crippen LogP contribution < -0.4 is 5.32 Å². The maximum atomic E-state index is 13.6. The highest BCUT2D eigenvalue weighted by atomic mass is 35.5. The van der Waals surface area contributed by atoms with E-state index in [0.29, 0.717) is 16.6 Å². The van der Waals surface area contributed by atoms with Gasteiger partial charge in [0.25, 0.3) is 0 Å². The van der Waals surface area contributed by atoms with Crippen LogP contribution in [0.5, 0.6) is 0 Å². The van der Waals surface area contributed by atoms with Crippen LogP contribution in [-0.4, -0.2) is 0 Å². The van der Waals surface area contributed by atoms with Crippen LogP contribution in [0, 0.1) is 11.6 Å². The van der Waals surface area contributed by atoms with E-state index in [1.165, 1.54) is 18.2 Å². The van der Waals surface area contributed by atoms with Gasteiger partial charge in [-0.15, -0.1) is 0 Å². The molecule has 0 aromatic heterocycles. The molecular weight excluding hydrogens is 303 g/mol. The minimum Gasteiger partial charge on any atom is -0.306 e. The number of halogens is 4. The van der Waals surface area contributed by atoms with Crippen LogP contribution in [0.1, 0.15) is 24.1 Å². The van der Waals surface area contributed by atoms with Crippen molar-refractivity contribution >= 4 is 23.2 Å². The van der Waals surface area contributed by atoms with E-state index in [4.69, 9.17) is 23.2 Å². The molecule has 0 bridgehead atoms. The smallest absolute Gasteiger partial charge is 0.130 e. The molecule has 2 rings (SSSR count). The summed E-state index contributed by atoms with van der Waals surface area (Å²) in [6.45, 7) is 2.06. The Kier molecular flexibility index (Phi) is 4.97. The molecule has 0 aliphatic heterocycles. The molecule has 1 N–H and O–H groups in total. The second kappa shape index (κ2) is 6.53. The van der Waals surface area contributed by atoms with Gasteiger partial charge in [0.2, 0.25) is 0 Å². The average Bonchev–Trinajstić information content (AvgIpc) is 2.39. The largest absolute Gasteiger partial charge is 0.306 e. The first kappa shape index (κ1) is 15.2. The molecule has 0 aliphatic carbocycles. The number of nitrogens with one attached hydrogen (secondary N) is 1. The van der Waals surface area contributed by atoms with Crippen LogP contribution in [0.2, 0.25) is 10.0 Å². The summed E-state index contributed by atoms with van der Waals surface area (Å²) in [6.07, 6.45) is 0. The third-order valence-electron chi connectivity index (χ3n) is 3.04. The Balaban J connectivity index is 2.13. The van der Waals surface area contributed by atoms with Crippen molar-refractivity contribution in [3.05, 3.63) is 69.2 Å². The molecule has 0 saturated carbocycles. The van der Waals surface area contributed by atoms with Gasteiger partial charge in [-0.3, -0.25) is 0 Å². The molecule has 5 heteroatoms. The Morgan fingerprint density at radius 2 is 1.75 bits per heavy atom. The highest BCUT2D eigenvalue weighted by Gasteiger charge is 2.15. The van der Waals surface area contributed by atoms with E-state index < -0.39 is 17.7 Å². The zero-order valence-electron chi connectivity index (χ0n) is 10.8. The van der Waals surface area contributed by atoms with Gasteiger partial charge in [-0.25, -0.2) is 8.78 Å². The fourth-order valence-corrected chi connectivity index (χ4v) is 2.35. The fourth-order valence-electron chi connectivity index (χ4n) is 1.97. The van der Waals surface area contributed by atoms with Crippen molar-refractivity contribution in [1.82, 2.24) is 5.32 Å². The summed E-state index contributed by atoms with van der Waals surface area (Å²) < 4.78 is 27.3. The molecule has 0 radical (unpaired) electrons. The predicted molar refractivity (Wildman–Crippen MR) is 78.1 cm³/mol. The van der Waals surface area contributed by atoms with Crippen molar-refractivity contribution < 1.29 is 8.78 Å². The molecule has 0 aliphatic rings. The summed E-state index contributed by atoms with van der Waals surface area (Å²) >= 11 is 11.9. The lowest BCUT2D eigenvalue weighted by Crippen LogP contribution is -2.20. The van der Waals surface area contributed by atoms with Crippen molar-refractivity contribution in [2.45, 2.75) is 19.5 Å². The molecule has 0 amide bonds. The third kappa shape index (κ3) is 3.48. The Labute approximate surface area is 126 Å². The number of hydrogen-bond donors (Lipinski definition) is 1. The first-order valence-corrected chi connectivity index (χ1v) is 6.86. The van der Waals surface area contributed by atoms with Gasteiger partial charge in [-0.2, -0.15) is 0 Å². The number of benzene rings is 2. The molecule has 1 unspecified atom stereocenters. The molecule has 2 aromatic carbocycles. The topological polar surface area (TPSA) is 12.0 Å². The summed E-state index contributed by atoms with van der Waals surface area (Å²) in [4.78, 5) is 0. The van der Waals surface area contributed by atoms with Gasteiger partial charge >= 0.3 is 0 Å². The Morgan fingerprint density at radius 3 is 2.40 bits per heavy atom. The standard InChI is InChI=1S/C15H13Cl2F2N/c1-9(15-13(18)3-2-4-14(15)19)20-8-10-7-11(16)5-6-12(10)17/h2-7,9,20H,8H2,1H3. The van der Waals surface area contributed by atoms with Crippen molar-refractivity contribution in [3.63, 3.8) is 0 Å². The molecule has 1 atom stereocenters. The zero-order chi connectivity index (χ0) is 14.7. The first-order chi connectivity index (χ1) is 9.49. The van der Waals surface area contributed by atoms with Gasteiger partial charge in [0.1, 0.15) is 11.6 Å². The zero-order valence-corrected chi connectivity index (χ0v) is 12.3. The lowest BCUT2D eigenvalue weighted by atomic mass is 10.1. The molecule has 20 heavy (non-hydrogen) atoms. The third-order valence-corrected chi connectivity index (χ3v) is 3.64. The summed E-state index contributed by atoms with van der Waals surface area (Å²) in [5.41, 5.74) is 0.799. The summed E-state index contributed by atoms with van der Waals surface area (Å²) in [6, 6.07) is 8.44. The Bertz CT molecular complexity index is 597. The second-order valence-electron chi connectivity index (χ2n) is 4.47. The molecule has 0 saturated heterocycles. The highest BCUT2D eigenvalue weighted by Crippen LogP contribution is 2.23. The van der Waals surface area contributed by atoms with E-state index in [1.54, 1.807) is 25.1 Å². The summed E-state index contributed by atoms with van der Waals surface area (Å²) in [5, 5.41) is 4.17.